The predicted octanol–water partition coefficient (Wildman–Crippen LogP) is 3.04. The van der Waals surface area contributed by atoms with Gasteiger partial charge in [-0.2, -0.15) is 11.3 Å². The average molecular weight is 338 g/mol. The molecule has 0 unspecified atom stereocenters. The van der Waals surface area contributed by atoms with Gasteiger partial charge in [-0.15, -0.1) is 0 Å². The fourth-order valence-electron chi connectivity index (χ4n) is 3.38. The van der Waals surface area contributed by atoms with Gasteiger partial charge in [0.1, 0.15) is 0 Å². The van der Waals surface area contributed by atoms with E-state index in [9.17, 15) is 4.79 Å². The van der Waals surface area contributed by atoms with Crippen LogP contribution in [0.3, 0.4) is 0 Å². The summed E-state index contributed by atoms with van der Waals surface area (Å²) in [5.41, 5.74) is 1.28. The number of ether oxygens (including phenoxy) is 2. The van der Waals surface area contributed by atoms with Crippen LogP contribution < -0.4 is 5.32 Å². The number of nitrogens with zero attached hydrogens (tertiary/aromatic N) is 1. The molecule has 1 aromatic heterocycles. The molecule has 2 saturated heterocycles. The van der Waals surface area contributed by atoms with Crippen molar-refractivity contribution in [1.29, 1.82) is 0 Å². The molecule has 2 aliphatic rings. The van der Waals surface area contributed by atoms with Gasteiger partial charge in [0.25, 0.3) is 0 Å². The Labute approximate surface area is 142 Å². The Morgan fingerprint density at radius 2 is 2.30 bits per heavy atom. The van der Waals surface area contributed by atoms with E-state index in [2.05, 4.69) is 29.1 Å². The Kier molecular flexibility index (Phi) is 5.24. The molecule has 2 atom stereocenters. The van der Waals surface area contributed by atoms with Crippen LogP contribution in [-0.2, 0) is 9.47 Å². The van der Waals surface area contributed by atoms with Crippen molar-refractivity contribution in [3.05, 3.63) is 22.4 Å². The first kappa shape index (κ1) is 16.7. The van der Waals surface area contributed by atoms with Gasteiger partial charge < -0.3 is 19.7 Å². The molecule has 0 radical (unpaired) electrons. The normalized spacial score (nSPS) is 25.3. The molecule has 2 amide bonds. The lowest BCUT2D eigenvalue weighted by Gasteiger charge is -2.39. The zero-order valence-electron chi connectivity index (χ0n) is 13.9. The summed E-state index contributed by atoms with van der Waals surface area (Å²) in [5, 5.41) is 7.29. The van der Waals surface area contributed by atoms with E-state index in [1.165, 1.54) is 5.56 Å². The third kappa shape index (κ3) is 3.87. The molecule has 0 spiro atoms. The monoisotopic (exact) mass is 338 g/mol. The van der Waals surface area contributed by atoms with Gasteiger partial charge >= 0.3 is 6.03 Å². The quantitative estimate of drug-likeness (QED) is 0.918. The molecule has 6 heteroatoms. The molecular weight excluding hydrogens is 312 g/mol. The van der Waals surface area contributed by atoms with E-state index in [4.69, 9.17) is 9.47 Å². The van der Waals surface area contributed by atoms with Gasteiger partial charge in [0, 0.05) is 25.6 Å². The molecule has 3 heterocycles. The minimum atomic E-state index is -0.525. The van der Waals surface area contributed by atoms with Crippen LogP contribution in [0.25, 0.3) is 0 Å². The molecule has 3 rings (SSSR count). The largest absolute Gasteiger partial charge is 0.347 e. The first-order valence-corrected chi connectivity index (χ1v) is 9.35. The van der Waals surface area contributed by atoms with Crippen LogP contribution in [0.15, 0.2) is 16.8 Å². The summed E-state index contributed by atoms with van der Waals surface area (Å²) in [7, 11) is 0. The van der Waals surface area contributed by atoms with Gasteiger partial charge in [-0.1, -0.05) is 6.92 Å². The predicted molar refractivity (Wildman–Crippen MR) is 90.7 cm³/mol. The summed E-state index contributed by atoms with van der Waals surface area (Å²) in [6.07, 6.45) is 2.05. The number of thiophene rings is 1. The second-order valence-electron chi connectivity index (χ2n) is 6.64. The number of piperidine rings is 1. The molecule has 2 fully saturated rings. The summed E-state index contributed by atoms with van der Waals surface area (Å²) in [6, 6.07) is 2.15. The molecule has 0 aliphatic carbocycles. The summed E-state index contributed by atoms with van der Waals surface area (Å²) >= 11 is 1.69. The van der Waals surface area contributed by atoms with Crippen LogP contribution >= 0.6 is 11.3 Å². The van der Waals surface area contributed by atoms with Gasteiger partial charge in [-0.3, -0.25) is 0 Å². The maximum atomic E-state index is 12.5. The number of nitrogens with one attached hydrogen (secondary N) is 1. The minimum Gasteiger partial charge on any atom is -0.347 e. The molecule has 0 aromatic carbocycles. The van der Waals surface area contributed by atoms with Crippen molar-refractivity contribution in [2.75, 3.05) is 32.8 Å². The minimum absolute atomic E-state index is 0.0263. The van der Waals surface area contributed by atoms with Crippen molar-refractivity contribution in [2.45, 2.75) is 38.4 Å². The molecule has 1 aromatic rings. The van der Waals surface area contributed by atoms with Crippen LogP contribution in [0.4, 0.5) is 4.79 Å². The second kappa shape index (κ2) is 7.20. The summed E-state index contributed by atoms with van der Waals surface area (Å²) in [6.45, 7) is 7.63. The SMILES string of the molecule is C[C@@H](CNC(=O)N1CCC[C@H](C2(C)OCCO2)C1)c1ccsc1. The van der Waals surface area contributed by atoms with E-state index in [1.807, 2.05) is 11.8 Å². The molecule has 0 saturated carbocycles. The Morgan fingerprint density at radius 3 is 3.00 bits per heavy atom. The molecule has 5 nitrogen and oxygen atoms in total. The topological polar surface area (TPSA) is 50.8 Å². The molecule has 128 valence electrons. The van der Waals surface area contributed by atoms with Crippen LogP contribution in [0.5, 0.6) is 0 Å². The van der Waals surface area contributed by atoms with Crippen LogP contribution in [0.2, 0.25) is 0 Å². The summed E-state index contributed by atoms with van der Waals surface area (Å²) < 4.78 is 11.6. The van der Waals surface area contributed by atoms with Gasteiger partial charge in [0.15, 0.2) is 5.79 Å². The lowest BCUT2D eigenvalue weighted by Crippen LogP contribution is -2.51. The number of likely N-dealkylation sites (tertiary alicyclic amines) is 1. The van der Waals surface area contributed by atoms with Crippen LogP contribution in [-0.4, -0.2) is 49.6 Å². The Hall–Kier alpha value is -1.11. The fraction of sp³-hybridized carbons (Fsp3) is 0.706. The number of amides is 2. The van der Waals surface area contributed by atoms with Crippen molar-refractivity contribution < 1.29 is 14.3 Å². The fourth-order valence-corrected chi connectivity index (χ4v) is 4.16. The Balaban J connectivity index is 1.51. The van der Waals surface area contributed by atoms with Crippen molar-refractivity contribution >= 4 is 17.4 Å². The lowest BCUT2D eigenvalue weighted by molar-refractivity contribution is -0.189. The van der Waals surface area contributed by atoms with E-state index in [1.54, 1.807) is 11.3 Å². The number of carbonyl (C=O) groups excluding carboxylic acids is 1. The molecule has 1 N–H and O–H groups in total. The van der Waals surface area contributed by atoms with Crippen molar-refractivity contribution in [1.82, 2.24) is 10.2 Å². The first-order valence-electron chi connectivity index (χ1n) is 8.41. The maximum absolute atomic E-state index is 12.5. The van der Waals surface area contributed by atoms with E-state index >= 15 is 0 Å². The van der Waals surface area contributed by atoms with E-state index in [0.717, 1.165) is 19.4 Å². The second-order valence-corrected chi connectivity index (χ2v) is 7.42. The van der Waals surface area contributed by atoms with Crippen molar-refractivity contribution in [2.24, 2.45) is 5.92 Å². The van der Waals surface area contributed by atoms with Gasteiger partial charge in [-0.25, -0.2) is 4.79 Å². The first-order chi connectivity index (χ1) is 11.1. The highest BCUT2D eigenvalue weighted by atomic mass is 32.1. The maximum Gasteiger partial charge on any atom is 0.317 e. The van der Waals surface area contributed by atoms with Crippen LogP contribution in [0, 0.1) is 5.92 Å². The number of carbonyl (C=O) groups is 1. The van der Waals surface area contributed by atoms with E-state index in [0.29, 0.717) is 32.2 Å². The zero-order chi connectivity index (χ0) is 16.3. The highest BCUT2D eigenvalue weighted by molar-refractivity contribution is 7.07. The zero-order valence-corrected chi connectivity index (χ0v) is 14.7. The van der Waals surface area contributed by atoms with Gasteiger partial charge in [0.2, 0.25) is 0 Å². The van der Waals surface area contributed by atoms with Gasteiger partial charge in [0.05, 0.1) is 13.2 Å². The third-order valence-electron chi connectivity index (χ3n) is 4.98. The highest BCUT2D eigenvalue weighted by Crippen LogP contribution is 2.34. The van der Waals surface area contributed by atoms with Crippen molar-refractivity contribution in [3.63, 3.8) is 0 Å². The summed E-state index contributed by atoms with van der Waals surface area (Å²) in [5.74, 6) is 0.0618. The molecule has 23 heavy (non-hydrogen) atoms. The number of urea groups is 1. The lowest BCUT2D eigenvalue weighted by atomic mass is 9.90. The molecule has 0 bridgehead atoms. The van der Waals surface area contributed by atoms with E-state index in [-0.39, 0.29) is 11.9 Å². The van der Waals surface area contributed by atoms with E-state index < -0.39 is 5.79 Å². The van der Waals surface area contributed by atoms with Crippen LogP contribution in [0.1, 0.15) is 38.2 Å². The number of hydrogen-bond donors (Lipinski definition) is 1. The Bertz CT molecular complexity index is 514. The number of rotatable bonds is 4. The number of hydrogen-bond acceptors (Lipinski definition) is 4. The molecular formula is C17H26N2O3S. The summed E-state index contributed by atoms with van der Waals surface area (Å²) in [4.78, 5) is 14.4. The highest BCUT2D eigenvalue weighted by Gasteiger charge is 2.42. The Morgan fingerprint density at radius 1 is 1.52 bits per heavy atom. The third-order valence-corrected chi connectivity index (χ3v) is 5.68. The van der Waals surface area contributed by atoms with Gasteiger partial charge in [-0.05, 0) is 48.1 Å². The van der Waals surface area contributed by atoms with Crippen molar-refractivity contribution in [3.8, 4) is 0 Å². The average Bonchev–Trinajstić information content (AvgIpc) is 3.25. The smallest absolute Gasteiger partial charge is 0.317 e. The molecule has 2 aliphatic heterocycles. The standard InChI is InChI=1S/C17H26N2O3S/c1-13(14-5-9-23-12-14)10-18-16(20)19-6-3-4-15(11-19)17(2)21-7-8-22-17/h5,9,12-13,15H,3-4,6-8,10-11H2,1-2H3,(H,18,20)/t13-,15-/m0/s1.